The van der Waals surface area contributed by atoms with E-state index in [0.29, 0.717) is 26.1 Å². The van der Waals surface area contributed by atoms with Gasteiger partial charge in [-0.3, -0.25) is 9.59 Å². The number of hydrogen-bond donors (Lipinski definition) is 0. The molecule has 4 nitrogen and oxygen atoms in total. The summed E-state index contributed by atoms with van der Waals surface area (Å²) in [6, 6.07) is 0. The predicted octanol–water partition coefficient (Wildman–Crippen LogP) is 2.17. The van der Waals surface area contributed by atoms with Crippen LogP contribution in [0.25, 0.3) is 0 Å². The average molecular weight is 324 g/mol. The second-order valence-corrected chi connectivity index (χ2v) is 7.67. The van der Waals surface area contributed by atoms with Crippen molar-refractivity contribution in [1.82, 2.24) is 0 Å². The molecule has 4 aliphatic carbocycles. The van der Waals surface area contributed by atoms with Gasteiger partial charge in [0.05, 0.1) is 18.6 Å². The fourth-order valence-corrected chi connectivity index (χ4v) is 5.47. The zero-order chi connectivity index (χ0) is 16.7. The normalized spacial score (nSPS) is 50.0. The van der Waals surface area contributed by atoms with Crippen LogP contribution >= 0.6 is 0 Å². The number of carbonyl (C=O) groups is 2. The third kappa shape index (κ3) is 1.39. The molecule has 2 aliphatic heterocycles. The van der Waals surface area contributed by atoms with Crippen LogP contribution in [0.3, 0.4) is 0 Å². The molecule has 1 saturated carbocycles. The Hall–Kier alpha value is -1.78. The third-order valence-electron chi connectivity index (χ3n) is 6.67. The number of rotatable bonds is 4. The summed E-state index contributed by atoms with van der Waals surface area (Å²) < 4.78 is 11.5. The van der Waals surface area contributed by atoms with Gasteiger partial charge < -0.3 is 9.47 Å². The van der Waals surface area contributed by atoms with Crippen molar-refractivity contribution in [3.8, 4) is 0 Å². The molecule has 6 rings (SSSR count). The lowest BCUT2D eigenvalue weighted by atomic mass is 9.44. The Kier molecular flexibility index (Phi) is 2.57. The summed E-state index contributed by atoms with van der Waals surface area (Å²) in [5.41, 5.74) is -1.43. The first kappa shape index (κ1) is 14.6. The maximum Gasteiger partial charge on any atom is 0.193 e. The Balaban J connectivity index is 1.73. The number of allylic oxidation sites excluding steroid dienone is 4. The van der Waals surface area contributed by atoms with Crippen molar-refractivity contribution < 1.29 is 19.1 Å². The van der Waals surface area contributed by atoms with Crippen molar-refractivity contribution >= 4 is 11.6 Å². The minimum absolute atomic E-state index is 0.0243. The van der Waals surface area contributed by atoms with Gasteiger partial charge in [0, 0.05) is 17.8 Å². The van der Waals surface area contributed by atoms with Gasteiger partial charge in [0.15, 0.2) is 22.8 Å². The third-order valence-corrected chi connectivity index (χ3v) is 6.67. The first-order valence-corrected chi connectivity index (χ1v) is 8.55. The highest BCUT2D eigenvalue weighted by atomic mass is 16.6. The van der Waals surface area contributed by atoms with Crippen molar-refractivity contribution in [2.75, 3.05) is 13.2 Å². The second kappa shape index (κ2) is 4.24. The van der Waals surface area contributed by atoms with Crippen LogP contribution in [0.1, 0.15) is 12.8 Å². The molecule has 2 saturated heterocycles. The molecule has 0 radical (unpaired) electrons. The van der Waals surface area contributed by atoms with Gasteiger partial charge in [-0.25, -0.2) is 0 Å². The second-order valence-electron chi connectivity index (χ2n) is 7.67. The zero-order valence-corrected chi connectivity index (χ0v) is 13.5. The van der Waals surface area contributed by atoms with Crippen LogP contribution in [0.4, 0.5) is 0 Å². The van der Waals surface area contributed by atoms with Crippen LogP contribution in [-0.2, 0) is 19.1 Å². The van der Waals surface area contributed by atoms with Crippen molar-refractivity contribution in [3.63, 3.8) is 0 Å². The van der Waals surface area contributed by atoms with E-state index in [4.69, 9.17) is 9.47 Å². The summed E-state index contributed by atoms with van der Waals surface area (Å²) >= 11 is 0. The highest BCUT2D eigenvalue weighted by Crippen LogP contribution is 2.67. The van der Waals surface area contributed by atoms with E-state index in [9.17, 15) is 9.59 Å². The van der Waals surface area contributed by atoms with E-state index in [1.165, 1.54) is 0 Å². The Morgan fingerprint density at radius 3 is 2.42 bits per heavy atom. The van der Waals surface area contributed by atoms with Gasteiger partial charge in [0.1, 0.15) is 0 Å². The molecule has 2 bridgehead atoms. The summed E-state index contributed by atoms with van der Waals surface area (Å²) in [6.45, 7) is 8.53. The van der Waals surface area contributed by atoms with Gasteiger partial charge in [0.2, 0.25) is 0 Å². The van der Waals surface area contributed by atoms with E-state index in [1.807, 2.05) is 12.2 Å². The molecule has 4 heteroatoms. The molecule has 124 valence electrons. The maximum absolute atomic E-state index is 13.3. The fourth-order valence-electron chi connectivity index (χ4n) is 5.47. The topological polar surface area (TPSA) is 59.2 Å². The molecular weight excluding hydrogens is 304 g/mol. The van der Waals surface area contributed by atoms with Gasteiger partial charge in [0.25, 0.3) is 0 Å². The molecule has 0 amide bonds. The van der Waals surface area contributed by atoms with E-state index in [-0.39, 0.29) is 29.3 Å². The lowest BCUT2D eigenvalue weighted by molar-refractivity contribution is -0.151. The molecular formula is C20H20O4. The number of ketones is 2. The first-order valence-electron chi connectivity index (χ1n) is 8.55. The Morgan fingerprint density at radius 1 is 1.12 bits per heavy atom. The zero-order valence-electron chi connectivity index (χ0n) is 13.5. The summed E-state index contributed by atoms with van der Waals surface area (Å²) in [5.74, 6) is 0.0889. The standard InChI is InChI=1S/C20H20O4/c1-3-5-12-9-14-15(20(11-24-20)16(12)21)13-6-8-18(14,7-4-2)17(22)19(13)10-23-19/h3-4,6,8-9,13-15H,1-2,5,7,10-11H2/t13-,14+,15+,18+,19+,20+/m0/s1. The molecule has 2 spiro atoms. The number of epoxide rings is 2. The maximum atomic E-state index is 13.3. The predicted molar refractivity (Wildman–Crippen MR) is 87.1 cm³/mol. The van der Waals surface area contributed by atoms with Gasteiger partial charge in [-0.2, -0.15) is 0 Å². The van der Waals surface area contributed by atoms with Crippen LogP contribution in [0.5, 0.6) is 0 Å². The highest BCUT2D eigenvalue weighted by Gasteiger charge is 2.79. The summed E-state index contributed by atoms with van der Waals surface area (Å²) in [6.07, 6.45) is 10.8. The first-order chi connectivity index (χ1) is 11.6. The smallest absolute Gasteiger partial charge is 0.193 e. The summed E-state index contributed by atoms with van der Waals surface area (Å²) in [4.78, 5) is 26.3. The Morgan fingerprint density at radius 2 is 1.83 bits per heavy atom. The van der Waals surface area contributed by atoms with Crippen molar-refractivity contribution in [1.29, 1.82) is 0 Å². The largest absolute Gasteiger partial charge is 0.361 e. The molecule has 0 aromatic heterocycles. The molecule has 0 aromatic carbocycles. The van der Waals surface area contributed by atoms with E-state index < -0.39 is 16.6 Å². The fraction of sp³-hybridized carbons (Fsp3) is 0.500. The van der Waals surface area contributed by atoms with Crippen LogP contribution in [0.15, 0.2) is 49.1 Å². The SMILES string of the molecule is C=CCC1=C[C@@H]2[C@@H]([C@@H]3C=C[C@@]2(CC=C)C(=O)[C@@]32CO2)[C@]2(CO2)C1=O. The average Bonchev–Trinajstić information content (AvgIpc) is 3.47. The minimum atomic E-state index is -0.765. The van der Waals surface area contributed by atoms with E-state index in [1.54, 1.807) is 12.2 Å². The Labute approximate surface area is 140 Å². The van der Waals surface area contributed by atoms with E-state index >= 15 is 0 Å². The lowest BCUT2D eigenvalue weighted by Crippen LogP contribution is -2.65. The van der Waals surface area contributed by atoms with Crippen LogP contribution in [0.2, 0.25) is 0 Å². The quantitative estimate of drug-likeness (QED) is 0.587. The van der Waals surface area contributed by atoms with Gasteiger partial charge in [-0.15, -0.1) is 13.2 Å². The number of hydrogen-bond acceptors (Lipinski definition) is 4. The van der Waals surface area contributed by atoms with Crippen LogP contribution in [0, 0.1) is 23.2 Å². The number of ether oxygens (including phenoxy) is 2. The van der Waals surface area contributed by atoms with Gasteiger partial charge in [-0.05, 0) is 18.4 Å². The minimum Gasteiger partial charge on any atom is -0.361 e. The summed E-state index contributed by atoms with van der Waals surface area (Å²) in [5, 5.41) is 0. The van der Waals surface area contributed by atoms with Crippen molar-refractivity contribution in [2.24, 2.45) is 23.2 Å². The van der Waals surface area contributed by atoms with Crippen LogP contribution in [-0.4, -0.2) is 36.0 Å². The Bertz CT molecular complexity index is 750. The number of Topliss-reactive ketones (excluding diaryl/α,β-unsaturated/α-hetero) is 2. The van der Waals surface area contributed by atoms with E-state index in [0.717, 1.165) is 5.57 Å². The summed E-state index contributed by atoms with van der Waals surface area (Å²) in [7, 11) is 0. The van der Waals surface area contributed by atoms with Crippen molar-refractivity contribution in [2.45, 2.75) is 24.0 Å². The van der Waals surface area contributed by atoms with Crippen molar-refractivity contribution in [3.05, 3.63) is 49.1 Å². The van der Waals surface area contributed by atoms with Gasteiger partial charge >= 0.3 is 0 Å². The molecule has 2 heterocycles. The molecule has 6 aliphatic rings. The molecule has 6 atom stereocenters. The molecule has 0 N–H and O–H groups in total. The number of carbonyl (C=O) groups excluding carboxylic acids is 2. The lowest BCUT2D eigenvalue weighted by Gasteiger charge is -2.56. The van der Waals surface area contributed by atoms with Gasteiger partial charge in [-0.1, -0.05) is 30.4 Å². The highest BCUT2D eigenvalue weighted by molar-refractivity contribution is 6.07. The molecule has 0 unspecified atom stereocenters. The van der Waals surface area contributed by atoms with Crippen LogP contribution < -0.4 is 0 Å². The van der Waals surface area contributed by atoms with E-state index in [2.05, 4.69) is 19.2 Å². The monoisotopic (exact) mass is 324 g/mol. The molecule has 0 aromatic rings. The molecule has 3 fully saturated rings. The molecule has 24 heavy (non-hydrogen) atoms.